The number of benzene rings is 1. The van der Waals surface area contributed by atoms with Crippen molar-refractivity contribution in [3.63, 3.8) is 0 Å². The predicted octanol–water partition coefficient (Wildman–Crippen LogP) is 2.65. The molecule has 24 heavy (non-hydrogen) atoms. The third kappa shape index (κ3) is 3.83. The molecule has 2 aromatic rings. The molecule has 2 heterocycles. The predicted molar refractivity (Wildman–Crippen MR) is 89.3 cm³/mol. The van der Waals surface area contributed by atoms with Crippen LogP contribution in [0.5, 0.6) is 0 Å². The van der Waals surface area contributed by atoms with Gasteiger partial charge in [0.25, 0.3) is 0 Å². The number of methoxy groups -OCH3 is 1. The molecule has 1 aromatic carbocycles. The molecule has 1 N–H and O–H groups in total. The van der Waals surface area contributed by atoms with Crippen molar-refractivity contribution in [2.75, 3.05) is 20.2 Å². The van der Waals surface area contributed by atoms with E-state index in [1.54, 1.807) is 7.11 Å². The normalized spacial score (nSPS) is 18.0. The van der Waals surface area contributed by atoms with Crippen LogP contribution in [0.3, 0.4) is 0 Å². The lowest BCUT2D eigenvalue weighted by Crippen LogP contribution is -2.32. The molecule has 0 bridgehead atoms. The van der Waals surface area contributed by atoms with Gasteiger partial charge in [0.1, 0.15) is 6.10 Å². The van der Waals surface area contributed by atoms with Crippen molar-refractivity contribution in [1.82, 2.24) is 15.0 Å². The lowest BCUT2D eigenvalue weighted by molar-refractivity contribution is 0.109. The molecule has 1 aliphatic heterocycles. The summed E-state index contributed by atoms with van der Waals surface area (Å²) in [5.74, 6) is 1.75. The molecule has 1 aromatic heterocycles. The number of piperidine rings is 1. The van der Waals surface area contributed by atoms with Gasteiger partial charge in [-0.2, -0.15) is 4.98 Å². The van der Waals surface area contributed by atoms with Crippen molar-refractivity contribution in [1.29, 1.82) is 0 Å². The Balaban J connectivity index is 1.56. The molecule has 6 nitrogen and oxygen atoms in total. The van der Waals surface area contributed by atoms with E-state index in [0.717, 1.165) is 31.5 Å². The van der Waals surface area contributed by atoms with E-state index in [1.807, 2.05) is 19.1 Å². The van der Waals surface area contributed by atoms with Gasteiger partial charge in [-0.15, -0.1) is 0 Å². The largest absolute Gasteiger partial charge is 0.392 e. The summed E-state index contributed by atoms with van der Waals surface area (Å²) >= 11 is 0. The van der Waals surface area contributed by atoms with Crippen LogP contribution >= 0.6 is 0 Å². The fourth-order valence-corrected chi connectivity index (χ4v) is 3.27. The lowest BCUT2D eigenvalue weighted by atomic mass is 9.86. The minimum Gasteiger partial charge on any atom is -0.392 e. The maximum Gasteiger partial charge on any atom is 0.240 e. The Morgan fingerprint density at radius 3 is 2.79 bits per heavy atom. The zero-order chi connectivity index (χ0) is 16.9. The lowest BCUT2D eigenvalue weighted by Gasteiger charge is -2.32. The third-order valence-corrected chi connectivity index (χ3v) is 4.81. The maximum absolute atomic E-state index is 9.52. The van der Waals surface area contributed by atoms with Crippen molar-refractivity contribution in [2.24, 2.45) is 0 Å². The van der Waals surface area contributed by atoms with Gasteiger partial charge in [-0.1, -0.05) is 29.4 Å². The number of hydrogen-bond acceptors (Lipinski definition) is 6. The van der Waals surface area contributed by atoms with Crippen molar-refractivity contribution >= 4 is 0 Å². The molecule has 1 fully saturated rings. The van der Waals surface area contributed by atoms with Crippen molar-refractivity contribution in [2.45, 2.75) is 44.9 Å². The fourth-order valence-electron chi connectivity index (χ4n) is 3.27. The zero-order valence-corrected chi connectivity index (χ0v) is 14.3. The van der Waals surface area contributed by atoms with Crippen LogP contribution in [0.15, 0.2) is 28.8 Å². The Kier molecular flexibility index (Phi) is 5.60. The maximum atomic E-state index is 9.52. The third-order valence-electron chi connectivity index (χ3n) is 4.81. The quantitative estimate of drug-likeness (QED) is 0.877. The standard InChI is InChI=1S/C18H25N3O3/c1-13(23-2)18-19-17(24-20-18)11-21-9-7-14(8-10-21)16-6-4-3-5-15(16)12-22/h3-6,13-14,22H,7-12H2,1-2H3. The molecule has 130 valence electrons. The van der Waals surface area contributed by atoms with Gasteiger partial charge in [0.15, 0.2) is 5.82 Å². The van der Waals surface area contributed by atoms with E-state index in [9.17, 15) is 5.11 Å². The Labute approximate surface area is 142 Å². The summed E-state index contributed by atoms with van der Waals surface area (Å²) in [5, 5.41) is 13.5. The molecular formula is C18H25N3O3. The van der Waals surface area contributed by atoms with E-state index in [1.165, 1.54) is 5.56 Å². The molecule has 0 aliphatic carbocycles. The summed E-state index contributed by atoms with van der Waals surface area (Å²) in [6, 6.07) is 8.19. The average molecular weight is 331 g/mol. The van der Waals surface area contributed by atoms with Crippen LogP contribution in [-0.4, -0.2) is 40.3 Å². The first-order valence-electron chi connectivity index (χ1n) is 8.47. The second-order valence-electron chi connectivity index (χ2n) is 6.33. The van der Waals surface area contributed by atoms with Gasteiger partial charge >= 0.3 is 0 Å². The minimum absolute atomic E-state index is 0.110. The molecule has 6 heteroatoms. The summed E-state index contributed by atoms with van der Waals surface area (Å²) < 4.78 is 10.5. The fraction of sp³-hybridized carbons (Fsp3) is 0.556. The summed E-state index contributed by atoms with van der Waals surface area (Å²) in [6.45, 7) is 4.67. The topological polar surface area (TPSA) is 71.6 Å². The van der Waals surface area contributed by atoms with Gasteiger partial charge in [-0.25, -0.2) is 0 Å². The number of aliphatic hydroxyl groups is 1. The van der Waals surface area contributed by atoms with Gasteiger partial charge in [0, 0.05) is 7.11 Å². The molecule has 0 saturated carbocycles. The molecule has 1 atom stereocenters. The molecule has 0 radical (unpaired) electrons. The highest BCUT2D eigenvalue weighted by Gasteiger charge is 2.24. The van der Waals surface area contributed by atoms with Crippen molar-refractivity contribution in [3.05, 3.63) is 47.1 Å². The van der Waals surface area contributed by atoms with Gasteiger partial charge in [0.2, 0.25) is 5.89 Å². The Hall–Kier alpha value is -1.76. The smallest absolute Gasteiger partial charge is 0.240 e. The van der Waals surface area contributed by atoms with E-state index in [0.29, 0.717) is 24.2 Å². The highest BCUT2D eigenvalue weighted by molar-refractivity contribution is 5.30. The number of hydrogen-bond donors (Lipinski definition) is 1. The summed E-state index contributed by atoms with van der Waals surface area (Å²) in [7, 11) is 1.63. The van der Waals surface area contributed by atoms with Crippen molar-refractivity contribution < 1.29 is 14.4 Å². The van der Waals surface area contributed by atoms with Crippen LogP contribution < -0.4 is 0 Å². The van der Waals surface area contributed by atoms with Crippen LogP contribution in [0.2, 0.25) is 0 Å². The highest BCUT2D eigenvalue weighted by atomic mass is 16.5. The van der Waals surface area contributed by atoms with E-state index in [4.69, 9.17) is 9.26 Å². The van der Waals surface area contributed by atoms with Crippen LogP contribution in [0.1, 0.15) is 54.6 Å². The van der Waals surface area contributed by atoms with Gasteiger partial charge in [0.05, 0.1) is 13.2 Å². The molecular weight excluding hydrogens is 306 g/mol. The second-order valence-corrected chi connectivity index (χ2v) is 6.33. The van der Waals surface area contributed by atoms with E-state index in [-0.39, 0.29) is 12.7 Å². The Bertz CT molecular complexity index is 650. The first-order valence-corrected chi connectivity index (χ1v) is 8.47. The Morgan fingerprint density at radius 1 is 1.33 bits per heavy atom. The molecule has 1 saturated heterocycles. The van der Waals surface area contributed by atoms with Crippen molar-refractivity contribution in [3.8, 4) is 0 Å². The van der Waals surface area contributed by atoms with Crippen LogP contribution in [0.4, 0.5) is 0 Å². The monoisotopic (exact) mass is 331 g/mol. The molecule has 0 spiro atoms. The first kappa shape index (κ1) is 17.1. The Morgan fingerprint density at radius 2 is 2.08 bits per heavy atom. The van der Waals surface area contributed by atoms with E-state index < -0.39 is 0 Å². The summed E-state index contributed by atoms with van der Waals surface area (Å²) in [4.78, 5) is 6.74. The van der Waals surface area contributed by atoms with Crippen LogP contribution in [0, 0.1) is 0 Å². The number of rotatable bonds is 6. The summed E-state index contributed by atoms with van der Waals surface area (Å²) in [5.41, 5.74) is 2.33. The SMILES string of the molecule is COC(C)c1noc(CN2CCC(c3ccccc3CO)CC2)n1. The van der Waals surface area contributed by atoms with Gasteiger partial charge in [-0.05, 0) is 49.9 Å². The van der Waals surface area contributed by atoms with E-state index >= 15 is 0 Å². The average Bonchev–Trinajstić information content (AvgIpc) is 3.10. The zero-order valence-electron chi connectivity index (χ0n) is 14.3. The summed E-state index contributed by atoms with van der Waals surface area (Å²) in [6.07, 6.45) is 2.00. The number of nitrogens with zero attached hydrogens (tertiary/aromatic N) is 3. The first-order chi connectivity index (χ1) is 11.7. The molecule has 1 aliphatic rings. The van der Waals surface area contributed by atoms with E-state index in [2.05, 4.69) is 27.2 Å². The number of likely N-dealkylation sites (tertiary alicyclic amines) is 1. The number of ether oxygens (including phenoxy) is 1. The molecule has 1 unspecified atom stereocenters. The van der Waals surface area contributed by atoms with Gasteiger partial charge in [-0.3, -0.25) is 4.90 Å². The minimum atomic E-state index is -0.150. The number of aliphatic hydroxyl groups excluding tert-OH is 1. The number of aromatic nitrogens is 2. The molecule has 0 amide bonds. The highest BCUT2D eigenvalue weighted by Crippen LogP contribution is 2.30. The van der Waals surface area contributed by atoms with Crippen LogP contribution in [-0.2, 0) is 17.9 Å². The van der Waals surface area contributed by atoms with Gasteiger partial charge < -0.3 is 14.4 Å². The van der Waals surface area contributed by atoms with Crippen LogP contribution in [0.25, 0.3) is 0 Å². The molecule has 3 rings (SSSR count). The second kappa shape index (κ2) is 7.88.